The number of rotatable bonds is 6. The third kappa shape index (κ3) is 4.96. The Morgan fingerprint density at radius 1 is 0.871 bits per heavy atom. The first kappa shape index (κ1) is 21.1. The maximum atomic E-state index is 12.7. The van der Waals surface area contributed by atoms with E-state index < -0.39 is 10.0 Å². The molecule has 0 amide bonds. The molecule has 1 N–H and O–H groups in total. The average molecular weight is 439 g/mol. The van der Waals surface area contributed by atoms with Gasteiger partial charge in [0.1, 0.15) is 10.6 Å². The minimum Gasteiger partial charge on any atom is -0.495 e. The van der Waals surface area contributed by atoms with E-state index in [0.29, 0.717) is 11.4 Å². The molecule has 162 valence electrons. The first-order valence-corrected chi connectivity index (χ1v) is 11.9. The Morgan fingerprint density at radius 3 is 2.23 bits per heavy atom. The van der Waals surface area contributed by atoms with Gasteiger partial charge in [-0.1, -0.05) is 37.1 Å². The molecule has 0 saturated carbocycles. The van der Waals surface area contributed by atoms with Crippen LogP contribution in [0.5, 0.6) is 5.75 Å². The third-order valence-corrected chi connectivity index (χ3v) is 6.79. The normalized spacial score (nSPS) is 14.7. The number of nitrogens with one attached hydrogen (secondary N) is 1. The first-order chi connectivity index (χ1) is 15.1. The Kier molecular flexibility index (Phi) is 6.36. The van der Waals surface area contributed by atoms with E-state index in [-0.39, 0.29) is 4.90 Å². The monoisotopic (exact) mass is 438 g/mol. The lowest BCUT2D eigenvalue weighted by Gasteiger charge is -2.20. The number of aromatic nitrogens is 2. The summed E-state index contributed by atoms with van der Waals surface area (Å²) in [6.45, 7) is 2.05. The van der Waals surface area contributed by atoms with Crippen molar-refractivity contribution in [1.29, 1.82) is 0 Å². The summed E-state index contributed by atoms with van der Waals surface area (Å²) in [5.74, 6) is 1.21. The van der Waals surface area contributed by atoms with Crippen molar-refractivity contribution in [3.05, 3.63) is 60.7 Å². The Balaban J connectivity index is 1.48. The van der Waals surface area contributed by atoms with Crippen molar-refractivity contribution >= 4 is 21.5 Å². The number of hydrogen-bond donors (Lipinski definition) is 1. The van der Waals surface area contributed by atoms with Crippen LogP contribution in [-0.2, 0) is 10.0 Å². The van der Waals surface area contributed by atoms with Crippen LogP contribution in [0.3, 0.4) is 0 Å². The second kappa shape index (κ2) is 9.34. The summed E-state index contributed by atoms with van der Waals surface area (Å²) < 4.78 is 33.2. The van der Waals surface area contributed by atoms with E-state index in [1.54, 1.807) is 30.3 Å². The van der Waals surface area contributed by atoms with Crippen LogP contribution in [0.1, 0.15) is 25.7 Å². The molecule has 1 saturated heterocycles. The molecular formula is C23H26N4O3S. The second-order valence-electron chi connectivity index (χ2n) is 7.51. The average Bonchev–Trinajstić information content (AvgIpc) is 3.09. The summed E-state index contributed by atoms with van der Waals surface area (Å²) in [5, 5.41) is 8.79. The SMILES string of the molecule is COc1ccccc1S(=O)(=O)Nc1ccc(-c2ccc(N3CCCCCC3)nn2)cc1. The highest BCUT2D eigenvalue weighted by Crippen LogP contribution is 2.27. The summed E-state index contributed by atoms with van der Waals surface area (Å²) in [4.78, 5) is 2.39. The van der Waals surface area contributed by atoms with Crippen LogP contribution in [-0.4, -0.2) is 38.8 Å². The molecule has 7 nitrogen and oxygen atoms in total. The number of nitrogens with zero attached hydrogens (tertiary/aromatic N) is 3. The molecule has 1 aliphatic heterocycles. The van der Waals surface area contributed by atoms with Crippen LogP contribution in [0.25, 0.3) is 11.3 Å². The molecule has 2 heterocycles. The number of anilines is 2. The maximum absolute atomic E-state index is 12.7. The van der Waals surface area contributed by atoms with Gasteiger partial charge in [-0.3, -0.25) is 4.72 Å². The Morgan fingerprint density at radius 2 is 1.58 bits per heavy atom. The summed E-state index contributed by atoms with van der Waals surface area (Å²) in [6, 6.07) is 17.6. The van der Waals surface area contributed by atoms with E-state index in [0.717, 1.165) is 30.2 Å². The molecule has 0 bridgehead atoms. The first-order valence-electron chi connectivity index (χ1n) is 10.4. The molecule has 0 atom stereocenters. The molecule has 2 aromatic carbocycles. The Bertz CT molecular complexity index is 1110. The van der Waals surface area contributed by atoms with E-state index in [4.69, 9.17) is 4.74 Å². The van der Waals surface area contributed by atoms with Crippen molar-refractivity contribution in [2.75, 3.05) is 29.8 Å². The van der Waals surface area contributed by atoms with Crippen molar-refractivity contribution in [2.24, 2.45) is 0 Å². The van der Waals surface area contributed by atoms with Gasteiger partial charge in [0.05, 0.1) is 12.8 Å². The summed E-state index contributed by atoms with van der Waals surface area (Å²) >= 11 is 0. The van der Waals surface area contributed by atoms with E-state index in [1.807, 2.05) is 24.3 Å². The smallest absolute Gasteiger partial charge is 0.265 e. The van der Waals surface area contributed by atoms with Crippen LogP contribution in [0.15, 0.2) is 65.6 Å². The van der Waals surface area contributed by atoms with Gasteiger partial charge < -0.3 is 9.64 Å². The molecule has 0 unspecified atom stereocenters. The highest BCUT2D eigenvalue weighted by atomic mass is 32.2. The zero-order chi connectivity index (χ0) is 21.7. The third-order valence-electron chi connectivity index (χ3n) is 5.37. The highest BCUT2D eigenvalue weighted by Gasteiger charge is 2.19. The van der Waals surface area contributed by atoms with Crippen molar-refractivity contribution in [3.63, 3.8) is 0 Å². The number of hydrogen-bond acceptors (Lipinski definition) is 6. The molecule has 1 fully saturated rings. The van der Waals surface area contributed by atoms with Crippen molar-refractivity contribution in [2.45, 2.75) is 30.6 Å². The minimum atomic E-state index is -3.76. The van der Waals surface area contributed by atoms with Crippen LogP contribution in [0.4, 0.5) is 11.5 Å². The van der Waals surface area contributed by atoms with Gasteiger partial charge in [0.25, 0.3) is 10.0 Å². The second-order valence-corrected chi connectivity index (χ2v) is 9.16. The van der Waals surface area contributed by atoms with Gasteiger partial charge in [-0.05, 0) is 49.2 Å². The highest BCUT2D eigenvalue weighted by molar-refractivity contribution is 7.92. The quantitative estimate of drug-likeness (QED) is 0.617. The van der Waals surface area contributed by atoms with E-state index in [1.165, 1.54) is 38.9 Å². The number of sulfonamides is 1. The van der Waals surface area contributed by atoms with Gasteiger partial charge in [-0.15, -0.1) is 10.2 Å². The van der Waals surface area contributed by atoms with Gasteiger partial charge in [0.15, 0.2) is 5.82 Å². The molecule has 0 aliphatic carbocycles. The minimum absolute atomic E-state index is 0.0940. The van der Waals surface area contributed by atoms with Crippen LogP contribution in [0.2, 0.25) is 0 Å². The molecule has 1 aromatic heterocycles. The van der Waals surface area contributed by atoms with Gasteiger partial charge in [-0.25, -0.2) is 8.42 Å². The predicted octanol–water partition coefficient (Wildman–Crippen LogP) is 4.33. The molecule has 8 heteroatoms. The van der Waals surface area contributed by atoms with Crippen LogP contribution < -0.4 is 14.4 Å². The number of benzene rings is 2. The van der Waals surface area contributed by atoms with Gasteiger partial charge in [0, 0.05) is 24.3 Å². The van der Waals surface area contributed by atoms with E-state index >= 15 is 0 Å². The Hall–Kier alpha value is -3.13. The molecule has 0 radical (unpaired) electrons. The van der Waals surface area contributed by atoms with Gasteiger partial charge in [-0.2, -0.15) is 0 Å². The molecular weight excluding hydrogens is 412 g/mol. The number of methoxy groups -OCH3 is 1. The summed E-state index contributed by atoms with van der Waals surface area (Å²) in [5.41, 5.74) is 2.08. The zero-order valence-electron chi connectivity index (χ0n) is 17.5. The molecule has 4 rings (SSSR count). The summed E-state index contributed by atoms with van der Waals surface area (Å²) in [7, 11) is -2.32. The van der Waals surface area contributed by atoms with Crippen molar-refractivity contribution < 1.29 is 13.2 Å². The topological polar surface area (TPSA) is 84.4 Å². The number of ether oxygens (including phenoxy) is 1. The lowest BCUT2D eigenvalue weighted by Crippen LogP contribution is -2.25. The van der Waals surface area contributed by atoms with Gasteiger partial charge >= 0.3 is 0 Å². The largest absolute Gasteiger partial charge is 0.495 e. The molecule has 1 aliphatic rings. The molecule has 31 heavy (non-hydrogen) atoms. The maximum Gasteiger partial charge on any atom is 0.265 e. The fourth-order valence-corrected chi connectivity index (χ4v) is 4.94. The zero-order valence-corrected chi connectivity index (χ0v) is 18.3. The molecule has 0 spiro atoms. The van der Waals surface area contributed by atoms with Crippen molar-refractivity contribution in [3.8, 4) is 17.0 Å². The standard InChI is InChI=1S/C23H26N4O3S/c1-30-21-8-4-5-9-22(21)31(28,29)26-19-12-10-18(11-13-19)20-14-15-23(25-24-20)27-16-6-2-3-7-17-27/h4-5,8-15,26H,2-3,6-7,16-17H2,1H3. The lowest BCUT2D eigenvalue weighted by atomic mass is 10.1. The fraction of sp³-hybridized carbons (Fsp3) is 0.304. The molecule has 3 aromatic rings. The van der Waals surface area contributed by atoms with Crippen LogP contribution >= 0.6 is 0 Å². The Labute approximate surface area is 183 Å². The van der Waals surface area contributed by atoms with Crippen molar-refractivity contribution in [1.82, 2.24) is 10.2 Å². The van der Waals surface area contributed by atoms with Gasteiger partial charge in [0.2, 0.25) is 0 Å². The van der Waals surface area contributed by atoms with E-state index in [2.05, 4.69) is 19.8 Å². The fourth-order valence-electron chi connectivity index (χ4n) is 3.71. The predicted molar refractivity (Wildman–Crippen MR) is 122 cm³/mol. The number of para-hydroxylation sites is 1. The lowest BCUT2D eigenvalue weighted by molar-refractivity contribution is 0.403. The summed E-state index contributed by atoms with van der Waals surface area (Å²) in [6.07, 6.45) is 4.93. The van der Waals surface area contributed by atoms with Crippen LogP contribution in [0, 0.1) is 0 Å². The van der Waals surface area contributed by atoms with E-state index in [9.17, 15) is 8.42 Å².